The molecule has 0 bridgehead atoms. The number of amides is 2. The van der Waals surface area contributed by atoms with Crippen LogP contribution < -0.4 is 10.0 Å². The van der Waals surface area contributed by atoms with Gasteiger partial charge in [0.25, 0.3) is 5.91 Å². The van der Waals surface area contributed by atoms with Crippen LogP contribution in [0.5, 0.6) is 0 Å². The summed E-state index contributed by atoms with van der Waals surface area (Å²) in [6, 6.07) is -0.624. The second-order valence-corrected chi connectivity index (χ2v) is 9.66. The van der Waals surface area contributed by atoms with E-state index in [4.69, 9.17) is 0 Å². The standard InChI is InChI=1S/C21H26N6O3/c1-21(2,3)18(20(29)25-6-4-7-25)23-19(28)16-14-10-12-9-13(12)17(14)27(24-16)15-11-26(30)8-5-22-15/h5,8,11-13,18H,4,6-7,9-10H2,1-3H3,(H,23,28)/t12-,13-,18-/m1/s1. The van der Waals surface area contributed by atoms with E-state index >= 15 is 0 Å². The largest absolute Gasteiger partial charge is 0.619 e. The van der Waals surface area contributed by atoms with E-state index in [1.165, 1.54) is 18.6 Å². The van der Waals surface area contributed by atoms with Crippen LogP contribution in [0.1, 0.15) is 61.3 Å². The molecule has 2 amide bonds. The van der Waals surface area contributed by atoms with E-state index in [1.54, 1.807) is 9.58 Å². The zero-order valence-electron chi connectivity index (χ0n) is 17.5. The molecule has 2 fully saturated rings. The molecule has 1 aliphatic heterocycles. The van der Waals surface area contributed by atoms with Crippen molar-refractivity contribution in [1.82, 2.24) is 25.0 Å². The highest BCUT2D eigenvalue weighted by atomic mass is 16.5. The highest BCUT2D eigenvalue weighted by Gasteiger charge is 2.51. The van der Waals surface area contributed by atoms with Crippen molar-refractivity contribution in [2.75, 3.05) is 13.1 Å². The first-order valence-electron chi connectivity index (χ1n) is 10.5. The fourth-order valence-corrected chi connectivity index (χ4v) is 4.52. The smallest absolute Gasteiger partial charge is 0.272 e. The Labute approximate surface area is 174 Å². The van der Waals surface area contributed by atoms with Crippen LogP contribution in [-0.4, -0.2) is 50.6 Å². The van der Waals surface area contributed by atoms with Gasteiger partial charge in [-0.15, -0.1) is 0 Å². The molecule has 1 N–H and O–H groups in total. The Bertz CT molecular complexity index is 1040. The predicted octanol–water partition coefficient (Wildman–Crippen LogP) is 0.937. The summed E-state index contributed by atoms with van der Waals surface area (Å²) in [4.78, 5) is 32.3. The first kappa shape index (κ1) is 19.0. The minimum Gasteiger partial charge on any atom is -0.619 e. The normalized spacial score (nSPS) is 22.7. The Morgan fingerprint density at radius 3 is 2.73 bits per heavy atom. The quantitative estimate of drug-likeness (QED) is 0.596. The number of carbonyl (C=O) groups excluding carboxylic acids is 2. The predicted molar refractivity (Wildman–Crippen MR) is 107 cm³/mol. The van der Waals surface area contributed by atoms with Gasteiger partial charge < -0.3 is 15.4 Å². The Hall–Kier alpha value is -2.97. The SMILES string of the molecule is CC(C)(C)[C@H](NC(=O)c1nn(-c2c[n+]([O-])ccn2)c2c1C[C@H]1C[C@@H]21)C(=O)N1CCC1. The van der Waals surface area contributed by atoms with Gasteiger partial charge in [0.05, 0.1) is 11.9 Å². The summed E-state index contributed by atoms with van der Waals surface area (Å²) in [7, 11) is 0. The molecule has 5 rings (SSSR count). The molecule has 0 spiro atoms. The van der Waals surface area contributed by atoms with Gasteiger partial charge in [0, 0.05) is 24.6 Å². The molecule has 158 valence electrons. The lowest BCUT2D eigenvalue weighted by Crippen LogP contribution is -2.57. The van der Waals surface area contributed by atoms with Gasteiger partial charge in [-0.25, -0.2) is 9.67 Å². The van der Waals surface area contributed by atoms with E-state index in [2.05, 4.69) is 15.4 Å². The lowest BCUT2D eigenvalue weighted by molar-refractivity contribution is -0.605. The van der Waals surface area contributed by atoms with Crippen molar-refractivity contribution in [2.45, 2.75) is 52.0 Å². The minimum atomic E-state index is -0.624. The summed E-state index contributed by atoms with van der Waals surface area (Å²) in [5.41, 5.74) is 1.81. The molecule has 3 heterocycles. The third kappa shape index (κ3) is 3.03. The molecule has 9 nitrogen and oxygen atoms in total. The van der Waals surface area contributed by atoms with Crippen molar-refractivity contribution >= 4 is 11.8 Å². The van der Waals surface area contributed by atoms with Gasteiger partial charge in [-0.3, -0.25) is 9.59 Å². The van der Waals surface area contributed by atoms with Crippen LogP contribution in [0.4, 0.5) is 0 Å². The van der Waals surface area contributed by atoms with E-state index in [9.17, 15) is 14.8 Å². The second-order valence-electron chi connectivity index (χ2n) is 9.66. The molecule has 3 atom stereocenters. The van der Waals surface area contributed by atoms with Gasteiger partial charge in [-0.05, 0) is 30.6 Å². The molecular formula is C21H26N6O3. The van der Waals surface area contributed by atoms with Crippen LogP contribution in [0.2, 0.25) is 0 Å². The number of nitrogens with zero attached hydrogens (tertiary/aromatic N) is 5. The van der Waals surface area contributed by atoms with E-state index in [0.717, 1.165) is 43.6 Å². The third-order valence-corrected chi connectivity index (χ3v) is 6.41. The lowest BCUT2D eigenvalue weighted by Gasteiger charge is -2.38. The molecule has 1 saturated heterocycles. The number of fused-ring (bicyclic) bond motifs is 3. The Kier molecular flexibility index (Phi) is 4.13. The number of carbonyl (C=O) groups is 2. The van der Waals surface area contributed by atoms with Crippen molar-refractivity contribution in [3.8, 4) is 5.82 Å². The molecule has 1 saturated carbocycles. The first-order valence-corrected chi connectivity index (χ1v) is 10.5. The third-order valence-electron chi connectivity index (χ3n) is 6.41. The maximum absolute atomic E-state index is 13.3. The van der Waals surface area contributed by atoms with E-state index in [-0.39, 0.29) is 11.8 Å². The molecule has 9 heteroatoms. The van der Waals surface area contributed by atoms with Gasteiger partial charge in [0.1, 0.15) is 6.04 Å². The summed E-state index contributed by atoms with van der Waals surface area (Å²) < 4.78 is 2.32. The van der Waals surface area contributed by atoms with E-state index in [0.29, 0.717) is 28.1 Å². The van der Waals surface area contributed by atoms with Crippen molar-refractivity contribution in [3.63, 3.8) is 0 Å². The Balaban J connectivity index is 1.48. The van der Waals surface area contributed by atoms with Gasteiger partial charge in [-0.2, -0.15) is 9.83 Å². The lowest BCUT2D eigenvalue weighted by atomic mass is 9.85. The van der Waals surface area contributed by atoms with Crippen molar-refractivity contribution in [1.29, 1.82) is 0 Å². The number of nitrogens with one attached hydrogen (secondary N) is 1. The van der Waals surface area contributed by atoms with Gasteiger partial charge in [-0.1, -0.05) is 20.8 Å². The van der Waals surface area contributed by atoms with Crippen LogP contribution in [0, 0.1) is 16.5 Å². The molecule has 0 radical (unpaired) electrons. The van der Waals surface area contributed by atoms with Crippen molar-refractivity contribution < 1.29 is 14.3 Å². The average molecular weight is 410 g/mol. The molecule has 3 aliphatic rings. The highest BCUT2D eigenvalue weighted by molar-refractivity contribution is 5.98. The maximum atomic E-state index is 13.3. The molecule has 2 aromatic rings. The fourth-order valence-electron chi connectivity index (χ4n) is 4.52. The number of likely N-dealkylation sites (tertiary alicyclic amines) is 1. The molecule has 2 aromatic heterocycles. The highest BCUT2D eigenvalue weighted by Crippen LogP contribution is 2.57. The summed E-state index contributed by atoms with van der Waals surface area (Å²) >= 11 is 0. The van der Waals surface area contributed by atoms with E-state index in [1.807, 2.05) is 20.8 Å². The van der Waals surface area contributed by atoms with Crippen LogP contribution >= 0.6 is 0 Å². The Morgan fingerprint density at radius 1 is 1.33 bits per heavy atom. The van der Waals surface area contributed by atoms with Crippen LogP contribution in [0.3, 0.4) is 0 Å². The number of hydrogen-bond acceptors (Lipinski definition) is 5. The second kappa shape index (κ2) is 6.52. The summed E-state index contributed by atoms with van der Waals surface area (Å²) in [5, 5.41) is 19.3. The fraction of sp³-hybridized carbons (Fsp3) is 0.571. The first-order chi connectivity index (χ1) is 14.2. The van der Waals surface area contributed by atoms with Gasteiger partial charge in [0.15, 0.2) is 11.9 Å². The summed E-state index contributed by atoms with van der Waals surface area (Å²) in [6.45, 7) is 7.34. The Morgan fingerprint density at radius 2 is 2.10 bits per heavy atom. The zero-order valence-corrected chi connectivity index (χ0v) is 17.5. The number of hydrogen-bond donors (Lipinski definition) is 1. The maximum Gasteiger partial charge on any atom is 0.272 e. The van der Waals surface area contributed by atoms with Crippen molar-refractivity contribution in [2.24, 2.45) is 11.3 Å². The van der Waals surface area contributed by atoms with E-state index < -0.39 is 11.5 Å². The summed E-state index contributed by atoms with van der Waals surface area (Å²) in [5.74, 6) is 0.904. The molecule has 0 aromatic carbocycles. The van der Waals surface area contributed by atoms with Crippen LogP contribution in [0.25, 0.3) is 5.82 Å². The van der Waals surface area contributed by atoms with Crippen LogP contribution in [0.15, 0.2) is 18.6 Å². The molecule has 30 heavy (non-hydrogen) atoms. The van der Waals surface area contributed by atoms with Gasteiger partial charge >= 0.3 is 0 Å². The van der Waals surface area contributed by atoms with Crippen LogP contribution in [-0.2, 0) is 11.2 Å². The zero-order chi connectivity index (χ0) is 21.2. The molecule has 0 unspecified atom stereocenters. The summed E-state index contributed by atoms with van der Waals surface area (Å²) in [6.07, 6.45) is 6.97. The van der Waals surface area contributed by atoms with Gasteiger partial charge in [0.2, 0.25) is 17.9 Å². The number of rotatable bonds is 4. The molecular weight excluding hydrogens is 384 g/mol. The van der Waals surface area contributed by atoms with Crippen molar-refractivity contribution in [3.05, 3.63) is 40.7 Å². The molecule has 2 aliphatic carbocycles. The monoisotopic (exact) mass is 410 g/mol. The number of aromatic nitrogens is 4. The average Bonchev–Trinajstić information content (AvgIpc) is 3.13. The topological polar surface area (TPSA) is 107 Å². The minimum absolute atomic E-state index is 0.0434.